The molecule has 0 atom stereocenters. The van der Waals surface area contributed by atoms with Gasteiger partial charge in [-0.05, 0) is 31.9 Å². The van der Waals surface area contributed by atoms with Crippen LogP contribution in [0.25, 0.3) is 0 Å². The van der Waals surface area contributed by atoms with Gasteiger partial charge in [0.15, 0.2) is 0 Å². The molecular weight excluding hydrogens is 200 g/mol. The predicted octanol–water partition coefficient (Wildman–Crippen LogP) is 2.90. The van der Waals surface area contributed by atoms with Crippen LogP contribution in [0, 0.1) is 6.92 Å². The highest BCUT2D eigenvalue weighted by molar-refractivity contribution is 5.96. The number of hydrazone groups is 1. The average molecular weight is 218 g/mol. The second kappa shape index (κ2) is 6.05. The lowest BCUT2D eigenvalue weighted by Crippen LogP contribution is -2.19. The molecule has 0 saturated heterocycles. The Morgan fingerprint density at radius 3 is 2.69 bits per heavy atom. The van der Waals surface area contributed by atoms with Crippen LogP contribution < -0.4 is 5.43 Å². The predicted molar refractivity (Wildman–Crippen MR) is 66.7 cm³/mol. The Hall–Kier alpha value is -1.64. The van der Waals surface area contributed by atoms with E-state index in [1.165, 1.54) is 0 Å². The van der Waals surface area contributed by atoms with Crippen molar-refractivity contribution >= 4 is 11.6 Å². The maximum Gasteiger partial charge on any atom is 0.271 e. The van der Waals surface area contributed by atoms with Gasteiger partial charge >= 0.3 is 0 Å². The summed E-state index contributed by atoms with van der Waals surface area (Å²) in [5.74, 6) is -0.145. The van der Waals surface area contributed by atoms with Crippen LogP contribution in [0.1, 0.15) is 42.6 Å². The molecule has 0 saturated carbocycles. The van der Waals surface area contributed by atoms with Gasteiger partial charge in [0.2, 0.25) is 0 Å². The maximum absolute atomic E-state index is 11.8. The highest BCUT2D eigenvalue weighted by atomic mass is 16.2. The van der Waals surface area contributed by atoms with Gasteiger partial charge in [0.1, 0.15) is 0 Å². The summed E-state index contributed by atoms with van der Waals surface area (Å²) in [6.07, 6.45) is 1.95. The van der Waals surface area contributed by atoms with Crippen molar-refractivity contribution in [1.29, 1.82) is 0 Å². The lowest BCUT2D eigenvalue weighted by Gasteiger charge is -2.04. The van der Waals surface area contributed by atoms with E-state index in [9.17, 15) is 4.79 Å². The molecule has 16 heavy (non-hydrogen) atoms. The minimum Gasteiger partial charge on any atom is -0.267 e. The van der Waals surface area contributed by atoms with Crippen molar-refractivity contribution in [2.75, 3.05) is 0 Å². The molecule has 0 radical (unpaired) electrons. The van der Waals surface area contributed by atoms with Crippen molar-refractivity contribution in [3.63, 3.8) is 0 Å². The van der Waals surface area contributed by atoms with Crippen molar-refractivity contribution in [3.8, 4) is 0 Å². The van der Waals surface area contributed by atoms with Crippen molar-refractivity contribution in [3.05, 3.63) is 35.4 Å². The van der Waals surface area contributed by atoms with Gasteiger partial charge in [0.25, 0.3) is 5.91 Å². The molecule has 0 aromatic heterocycles. The Labute approximate surface area is 96.6 Å². The van der Waals surface area contributed by atoms with E-state index in [4.69, 9.17) is 0 Å². The third-order valence-corrected chi connectivity index (χ3v) is 2.35. The van der Waals surface area contributed by atoms with E-state index < -0.39 is 0 Å². The van der Waals surface area contributed by atoms with E-state index >= 15 is 0 Å². The molecule has 86 valence electrons. The Morgan fingerprint density at radius 2 is 2.06 bits per heavy atom. The summed E-state index contributed by atoms with van der Waals surface area (Å²) in [5, 5.41) is 4.05. The van der Waals surface area contributed by atoms with Gasteiger partial charge in [0.05, 0.1) is 0 Å². The van der Waals surface area contributed by atoms with Gasteiger partial charge in [-0.3, -0.25) is 4.79 Å². The first-order valence-corrected chi connectivity index (χ1v) is 5.54. The van der Waals surface area contributed by atoms with E-state index in [0.29, 0.717) is 5.56 Å². The van der Waals surface area contributed by atoms with E-state index in [1.807, 2.05) is 32.0 Å². The molecule has 1 aromatic carbocycles. The molecule has 0 heterocycles. The third kappa shape index (κ3) is 3.50. The molecule has 1 rings (SSSR count). The van der Waals surface area contributed by atoms with Crippen LogP contribution >= 0.6 is 0 Å². The number of carbonyl (C=O) groups excluding carboxylic acids is 1. The van der Waals surface area contributed by atoms with Gasteiger partial charge in [0, 0.05) is 11.3 Å². The second-order valence-electron chi connectivity index (χ2n) is 3.85. The number of hydrogen-bond donors (Lipinski definition) is 1. The number of benzene rings is 1. The zero-order chi connectivity index (χ0) is 12.0. The number of rotatable bonds is 4. The molecular formula is C13H18N2O. The molecule has 0 bridgehead atoms. The average Bonchev–Trinajstić information content (AvgIpc) is 2.27. The summed E-state index contributed by atoms with van der Waals surface area (Å²) in [4.78, 5) is 11.8. The van der Waals surface area contributed by atoms with Gasteiger partial charge in [-0.25, -0.2) is 5.43 Å². The number of aryl methyl sites for hydroxylation is 1. The number of hydrogen-bond acceptors (Lipinski definition) is 2. The summed E-state index contributed by atoms with van der Waals surface area (Å²) < 4.78 is 0. The molecule has 0 aliphatic heterocycles. The smallest absolute Gasteiger partial charge is 0.267 e. The fourth-order valence-corrected chi connectivity index (χ4v) is 1.45. The minimum atomic E-state index is -0.145. The summed E-state index contributed by atoms with van der Waals surface area (Å²) >= 11 is 0. The first-order chi connectivity index (χ1) is 7.65. The number of amides is 1. The zero-order valence-corrected chi connectivity index (χ0v) is 10.1. The fraction of sp³-hybridized carbons (Fsp3) is 0.385. The van der Waals surface area contributed by atoms with Crippen molar-refractivity contribution < 1.29 is 4.79 Å². The van der Waals surface area contributed by atoms with Crippen LogP contribution in [0.4, 0.5) is 0 Å². The maximum atomic E-state index is 11.8. The highest BCUT2D eigenvalue weighted by Crippen LogP contribution is 2.06. The number of carbonyl (C=O) groups is 1. The zero-order valence-electron chi connectivity index (χ0n) is 10.1. The highest BCUT2D eigenvalue weighted by Gasteiger charge is 2.06. The fourth-order valence-electron chi connectivity index (χ4n) is 1.45. The van der Waals surface area contributed by atoms with Crippen LogP contribution in [-0.4, -0.2) is 11.6 Å². The van der Waals surface area contributed by atoms with Gasteiger partial charge in [-0.2, -0.15) is 5.10 Å². The molecule has 1 N–H and O–H groups in total. The largest absolute Gasteiger partial charge is 0.271 e. The molecule has 1 amide bonds. The van der Waals surface area contributed by atoms with Crippen molar-refractivity contribution in [2.24, 2.45) is 5.10 Å². The SMILES string of the molecule is CCCC(C)=NNC(=O)c1ccccc1C. The van der Waals surface area contributed by atoms with Crippen LogP contribution in [0.2, 0.25) is 0 Å². The van der Waals surface area contributed by atoms with Gasteiger partial charge in [-0.1, -0.05) is 31.5 Å². The molecule has 0 aliphatic carbocycles. The van der Waals surface area contributed by atoms with Crippen LogP contribution in [0.3, 0.4) is 0 Å². The van der Waals surface area contributed by atoms with Crippen LogP contribution in [0.5, 0.6) is 0 Å². The van der Waals surface area contributed by atoms with Gasteiger partial charge < -0.3 is 0 Å². The van der Waals surface area contributed by atoms with E-state index in [-0.39, 0.29) is 5.91 Å². The standard InChI is InChI=1S/C13H18N2O/c1-4-7-11(3)14-15-13(16)12-9-6-5-8-10(12)2/h5-6,8-9H,4,7H2,1-3H3,(H,15,16). The lowest BCUT2D eigenvalue weighted by molar-refractivity contribution is 0.0954. The second-order valence-corrected chi connectivity index (χ2v) is 3.85. The first-order valence-electron chi connectivity index (χ1n) is 5.54. The van der Waals surface area contributed by atoms with Crippen molar-refractivity contribution in [2.45, 2.75) is 33.6 Å². The Kier molecular flexibility index (Phi) is 4.70. The Morgan fingerprint density at radius 1 is 1.38 bits per heavy atom. The lowest BCUT2D eigenvalue weighted by atomic mass is 10.1. The molecule has 1 aromatic rings. The number of nitrogens with zero attached hydrogens (tertiary/aromatic N) is 1. The summed E-state index contributed by atoms with van der Waals surface area (Å²) in [6.45, 7) is 5.92. The Bertz CT molecular complexity index is 397. The monoisotopic (exact) mass is 218 g/mol. The molecule has 0 spiro atoms. The minimum absolute atomic E-state index is 0.145. The Balaban J connectivity index is 2.67. The van der Waals surface area contributed by atoms with E-state index in [1.54, 1.807) is 6.07 Å². The van der Waals surface area contributed by atoms with Crippen molar-refractivity contribution in [1.82, 2.24) is 5.43 Å². The first kappa shape index (κ1) is 12.4. The van der Waals surface area contributed by atoms with E-state index in [2.05, 4.69) is 17.5 Å². The third-order valence-electron chi connectivity index (χ3n) is 2.35. The van der Waals surface area contributed by atoms with E-state index in [0.717, 1.165) is 24.1 Å². The quantitative estimate of drug-likeness (QED) is 0.612. The van der Waals surface area contributed by atoms with Crippen LogP contribution in [-0.2, 0) is 0 Å². The topological polar surface area (TPSA) is 41.5 Å². The summed E-state index contributed by atoms with van der Waals surface area (Å²) in [7, 11) is 0. The molecule has 0 fully saturated rings. The summed E-state index contributed by atoms with van der Waals surface area (Å²) in [5.41, 5.74) is 5.16. The summed E-state index contributed by atoms with van der Waals surface area (Å²) in [6, 6.07) is 7.48. The molecule has 3 heteroatoms. The normalized spacial score (nSPS) is 11.3. The van der Waals surface area contributed by atoms with Crippen LogP contribution in [0.15, 0.2) is 29.4 Å². The number of nitrogens with one attached hydrogen (secondary N) is 1. The molecule has 0 aliphatic rings. The van der Waals surface area contributed by atoms with Gasteiger partial charge in [-0.15, -0.1) is 0 Å². The molecule has 0 unspecified atom stereocenters. The molecule has 3 nitrogen and oxygen atoms in total.